The molecule has 0 spiro atoms. The van der Waals surface area contributed by atoms with E-state index in [0.29, 0.717) is 11.2 Å². The molecular weight excluding hydrogens is 304 g/mol. The second-order valence-electron chi connectivity index (χ2n) is 4.62. The number of aromatic nitrogens is 4. The third kappa shape index (κ3) is 2.01. The Labute approximate surface area is 127 Å². The first-order valence-electron chi connectivity index (χ1n) is 6.27. The number of thiophene rings is 2. The highest BCUT2D eigenvalue weighted by molar-refractivity contribution is 7.18. The summed E-state index contributed by atoms with van der Waals surface area (Å²) in [6, 6.07) is 4.00. The Morgan fingerprint density at radius 1 is 1.33 bits per heavy atom. The molecule has 0 aliphatic carbocycles. The van der Waals surface area contributed by atoms with Crippen LogP contribution in [0.25, 0.3) is 32.0 Å². The van der Waals surface area contributed by atoms with Gasteiger partial charge in [-0.05, 0) is 11.4 Å². The maximum absolute atomic E-state index is 12.4. The molecular formula is C14H10N4OS2. The first-order valence-corrected chi connectivity index (χ1v) is 8.03. The van der Waals surface area contributed by atoms with Gasteiger partial charge in [0.1, 0.15) is 10.7 Å². The van der Waals surface area contributed by atoms with E-state index in [2.05, 4.69) is 15.1 Å². The van der Waals surface area contributed by atoms with Crippen molar-refractivity contribution in [2.24, 2.45) is 7.05 Å². The lowest BCUT2D eigenvalue weighted by atomic mass is 10.2. The molecule has 5 nitrogen and oxygen atoms in total. The third-order valence-electron chi connectivity index (χ3n) is 3.21. The number of aromatic amines is 1. The first kappa shape index (κ1) is 12.5. The molecule has 7 heteroatoms. The van der Waals surface area contributed by atoms with Gasteiger partial charge in [0.05, 0.1) is 17.1 Å². The van der Waals surface area contributed by atoms with Gasteiger partial charge in [-0.2, -0.15) is 5.10 Å². The van der Waals surface area contributed by atoms with Gasteiger partial charge in [0.25, 0.3) is 5.56 Å². The number of hydrogen-bond donors (Lipinski definition) is 1. The molecule has 0 radical (unpaired) electrons. The van der Waals surface area contributed by atoms with Crippen LogP contribution in [-0.4, -0.2) is 19.7 Å². The zero-order valence-electron chi connectivity index (χ0n) is 11.0. The van der Waals surface area contributed by atoms with Gasteiger partial charge >= 0.3 is 0 Å². The van der Waals surface area contributed by atoms with E-state index in [1.165, 1.54) is 11.3 Å². The normalized spacial score (nSPS) is 11.3. The van der Waals surface area contributed by atoms with Crippen LogP contribution in [0.4, 0.5) is 0 Å². The second kappa shape index (κ2) is 4.64. The van der Waals surface area contributed by atoms with Gasteiger partial charge in [0.2, 0.25) is 0 Å². The molecule has 0 saturated carbocycles. The summed E-state index contributed by atoms with van der Waals surface area (Å²) in [5, 5.41) is 8.77. The van der Waals surface area contributed by atoms with Crippen LogP contribution in [0.1, 0.15) is 0 Å². The van der Waals surface area contributed by atoms with Gasteiger partial charge < -0.3 is 4.98 Å². The van der Waals surface area contributed by atoms with Crippen LogP contribution in [0, 0.1) is 0 Å². The van der Waals surface area contributed by atoms with E-state index < -0.39 is 0 Å². The number of H-pyrrole nitrogens is 1. The van der Waals surface area contributed by atoms with Gasteiger partial charge in [-0.1, -0.05) is 6.07 Å². The van der Waals surface area contributed by atoms with Gasteiger partial charge in [-0.3, -0.25) is 9.48 Å². The van der Waals surface area contributed by atoms with Crippen molar-refractivity contribution in [2.75, 3.05) is 0 Å². The summed E-state index contributed by atoms with van der Waals surface area (Å²) in [7, 11) is 1.83. The fourth-order valence-electron chi connectivity index (χ4n) is 2.24. The molecule has 4 rings (SSSR count). The summed E-state index contributed by atoms with van der Waals surface area (Å²) < 4.78 is 1.69. The molecule has 0 atom stereocenters. The average molecular weight is 314 g/mol. The van der Waals surface area contributed by atoms with E-state index >= 15 is 0 Å². The summed E-state index contributed by atoms with van der Waals surface area (Å²) in [5.74, 6) is 0.556. The van der Waals surface area contributed by atoms with Gasteiger partial charge in [-0.15, -0.1) is 22.7 Å². The highest BCUT2D eigenvalue weighted by Crippen LogP contribution is 2.33. The Morgan fingerprint density at radius 3 is 2.95 bits per heavy atom. The largest absolute Gasteiger partial charge is 0.306 e. The quantitative estimate of drug-likeness (QED) is 0.618. The van der Waals surface area contributed by atoms with Crippen LogP contribution in [0.15, 0.2) is 40.1 Å². The predicted molar refractivity (Wildman–Crippen MR) is 85.8 cm³/mol. The molecule has 0 aliphatic rings. The van der Waals surface area contributed by atoms with E-state index in [4.69, 9.17) is 0 Å². The van der Waals surface area contributed by atoms with E-state index in [-0.39, 0.29) is 5.56 Å². The fraction of sp³-hybridized carbons (Fsp3) is 0.0714. The Balaban J connectivity index is 1.95. The summed E-state index contributed by atoms with van der Waals surface area (Å²) in [5.41, 5.74) is 1.66. The van der Waals surface area contributed by atoms with Crippen molar-refractivity contribution >= 4 is 32.9 Å². The van der Waals surface area contributed by atoms with Crippen LogP contribution in [0.2, 0.25) is 0 Å². The van der Waals surface area contributed by atoms with E-state index in [9.17, 15) is 4.79 Å². The Hall–Kier alpha value is -2.25. The van der Waals surface area contributed by atoms with Gasteiger partial charge in [0.15, 0.2) is 0 Å². The molecule has 4 heterocycles. The number of fused-ring (bicyclic) bond motifs is 1. The van der Waals surface area contributed by atoms with Crippen LogP contribution in [0.3, 0.4) is 0 Å². The summed E-state index contributed by atoms with van der Waals surface area (Å²) >= 11 is 3.11. The molecule has 1 N–H and O–H groups in total. The first-order chi connectivity index (χ1) is 10.2. The zero-order valence-corrected chi connectivity index (χ0v) is 12.7. The number of rotatable bonds is 2. The lowest BCUT2D eigenvalue weighted by Crippen LogP contribution is -2.08. The minimum Gasteiger partial charge on any atom is -0.306 e. The van der Waals surface area contributed by atoms with Crippen molar-refractivity contribution in [1.82, 2.24) is 19.7 Å². The van der Waals surface area contributed by atoms with Crippen molar-refractivity contribution in [1.29, 1.82) is 0 Å². The maximum atomic E-state index is 12.4. The zero-order chi connectivity index (χ0) is 14.4. The van der Waals surface area contributed by atoms with Crippen molar-refractivity contribution in [3.05, 3.63) is 45.6 Å². The lowest BCUT2D eigenvalue weighted by Gasteiger charge is -1.98. The van der Waals surface area contributed by atoms with Crippen LogP contribution >= 0.6 is 22.7 Å². The van der Waals surface area contributed by atoms with Gasteiger partial charge in [0, 0.05) is 29.1 Å². The number of hydrogen-bond acceptors (Lipinski definition) is 5. The monoisotopic (exact) mass is 314 g/mol. The van der Waals surface area contributed by atoms with Crippen molar-refractivity contribution < 1.29 is 0 Å². The molecule has 4 aromatic rings. The molecule has 0 bridgehead atoms. The molecule has 0 aromatic carbocycles. The van der Waals surface area contributed by atoms with E-state index in [1.807, 2.05) is 36.1 Å². The fourth-order valence-corrected chi connectivity index (χ4v) is 4.00. The van der Waals surface area contributed by atoms with Gasteiger partial charge in [-0.25, -0.2) is 4.98 Å². The van der Waals surface area contributed by atoms with Crippen LogP contribution in [0.5, 0.6) is 0 Å². The smallest absolute Gasteiger partial charge is 0.260 e. The molecule has 21 heavy (non-hydrogen) atoms. The maximum Gasteiger partial charge on any atom is 0.260 e. The van der Waals surface area contributed by atoms with E-state index in [0.717, 1.165) is 20.8 Å². The molecule has 4 aromatic heterocycles. The number of nitrogens with zero attached hydrogens (tertiary/aromatic N) is 3. The highest BCUT2D eigenvalue weighted by atomic mass is 32.1. The molecule has 0 unspecified atom stereocenters. The summed E-state index contributed by atoms with van der Waals surface area (Å²) in [6.07, 6.45) is 3.52. The third-order valence-corrected chi connectivity index (χ3v) is 4.98. The molecule has 0 amide bonds. The minimum absolute atomic E-state index is 0.108. The molecule has 0 saturated heterocycles. The van der Waals surface area contributed by atoms with Crippen molar-refractivity contribution in [3.63, 3.8) is 0 Å². The Kier molecular flexibility index (Phi) is 2.76. The highest BCUT2D eigenvalue weighted by Gasteiger charge is 2.14. The lowest BCUT2D eigenvalue weighted by molar-refractivity contribution is 0.768. The van der Waals surface area contributed by atoms with E-state index in [1.54, 1.807) is 22.2 Å². The molecule has 0 aliphatic heterocycles. The summed E-state index contributed by atoms with van der Waals surface area (Å²) in [4.78, 5) is 21.7. The Bertz CT molecular complexity index is 978. The standard InChI is InChI=1S/C14H10N4OS2/c1-18-6-8(5-15-18)12-16-13(19)11-9(7-21-14(11)17-12)10-3-2-4-20-10/h2-7H,1H3,(H,16,17,19). The van der Waals surface area contributed by atoms with Crippen molar-refractivity contribution in [2.45, 2.75) is 0 Å². The average Bonchev–Trinajstić information content (AvgIpc) is 3.16. The minimum atomic E-state index is -0.108. The summed E-state index contributed by atoms with van der Waals surface area (Å²) in [6.45, 7) is 0. The van der Waals surface area contributed by atoms with Crippen LogP contribution < -0.4 is 5.56 Å². The Morgan fingerprint density at radius 2 is 2.24 bits per heavy atom. The second-order valence-corrected chi connectivity index (χ2v) is 6.43. The molecule has 104 valence electrons. The number of aryl methyl sites for hydroxylation is 1. The topological polar surface area (TPSA) is 63.6 Å². The molecule has 0 fully saturated rings. The predicted octanol–water partition coefficient (Wildman–Crippen LogP) is 3.11. The number of nitrogens with one attached hydrogen (secondary N) is 1. The van der Waals surface area contributed by atoms with Crippen molar-refractivity contribution in [3.8, 4) is 21.8 Å². The van der Waals surface area contributed by atoms with Crippen LogP contribution in [-0.2, 0) is 7.05 Å². The SMILES string of the molecule is Cn1cc(-c2nc3scc(-c4cccs4)c3c(=O)[nH]2)cn1.